The first-order valence-corrected chi connectivity index (χ1v) is 7.72. The molecule has 102 valence electrons. The van der Waals surface area contributed by atoms with Gasteiger partial charge in [0.15, 0.2) is 4.60 Å². The van der Waals surface area contributed by atoms with Crippen molar-refractivity contribution in [2.75, 3.05) is 6.54 Å². The molecule has 0 fully saturated rings. The van der Waals surface area contributed by atoms with E-state index in [4.69, 9.17) is 0 Å². The average molecular weight is 346 g/mol. The molecule has 0 spiro atoms. The van der Waals surface area contributed by atoms with Gasteiger partial charge in [0.1, 0.15) is 0 Å². The molecule has 0 aliphatic carbocycles. The Morgan fingerprint density at radius 3 is 2.84 bits per heavy atom. The summed E-state index contributed by atoms with van der Waals surface area (Å²) in [7, 11) is -2.11. The molecule has 2 aromatic heterocycles. The number of nitrogens with zero attached hydrogens (tertiary/aromatic N) is 4. The van der Waals surface area contributed by atoms with Crippen molar-refractivity contribution in [3.05, 3.63) is 34.7 Å². The van der Waals surface area contributed by atoms with E-state index < -0.39 is 10.0 Å². The van der Waals surface area contributed by atoms with E-state index in [2.05, 4.69) is 35.9 Å². The van der Waals surface area contributed by atoms with Crippen LogP contribution < -0.4 is 4.72 Å². The van der Waals surface area contributed by atoms with E-state index in [9.17, 15) is 8.42 Å². The molecule has 9 heteroatoms. The molecule has 0 bridgehead atoms. The van der Waals surface area contributed by atoms with Crippen LogP contribution in [0.3, 0.4) is 0 Å². The largest absolute Gasteiger partial charge is 0.264 e. The van der Waals surface area contributed by atoms with Crippen molar-refractivity contribution in [3.63, 3.8) is 0 Å². The minimum atomic E-state index is -3.63. The zero-order valence-corrected chi connectivity index (χ0v) is 12.5. The molecule has 7 nitrogen and oxygen atoms in total. The predicted octanol–water partition coefficient (Wildman–Crippen LogP) is 0.494. The Balaban J connectivity index is 2.03. The summed E-state index contributed by atoms with van der Waals surface area (Å²) in [6.07, 6.45) is 3.94. The van der Waals surface area contributed by atoms with Crippen molar-refractivity contribution < 1.29 is 8.42 Å². The molecule has 0 aromatic carbocycles. The highest BCUT2D eigenvalue weighted by molar-refractivity contribution is 9.10. The van der Waals surface area contributed by atoms with Crippen LogP contribution in [-0.2, 0) is 23.5 Å². The molecule has 0 saturated carbocycles. The van der Waals surface area contributed by atoms with Gasteiger partial charge in [0.05, 0.1) is 0 Å². The predicted molar refractivity (Wildman–Crippen MR) is 71.8 cm³/mol. The van der Waals surface area contributed by atoms with Crippen LogP contribution in [0, 0.1) is 0 Å². The highest BCUT2D eigenvalue weighted by Gasteiger charge is 2.23. The van der Waals surface area contributed by atoms with Gasteiger partial charge in [0.25, 0.3) is 10.0 Å². The number of aryl methyl sites for hydroxylation is 1. The summed E-state index contributed by atoms with van der Waals surface area (Å²) in [6.45, 7) is 0.283. The number of rotatable bonds is 5. The van der Waals surface area contributed by atoms with Gasteiger partial charge >= 0.3 is 0 Å². The first-order valence-electron chi connectivity index (χ1n) is 5.44. The zero-order valence-electron chi connectivity index (χ0n) is 10.1. The third-order valence-electron chi connectivity index (χ3n) is 2.42. The zero-order chi connectivity index (χ0) is 13.9. The lowest BCUT2D eigenvalue weighted by Gasteiger charge is -2.06. The second-order valence-corrected chi connectivity index (χ2v) is 6.25. The Hall–Kier alpha value is -1.32. The second kappa shape index (κ2) is 5.76. The Kier molecular flexibility index (Phi) is 4.27. The first kappa shape index (κ1) is 14.1. The van der Waals surface area contributed by atoms with Gasteiger partial charge in [-0.05, 0) is 34.0 Å². The minimum Gasteiger partial charge on any atom is -0.264 e. The van der Waals surface area contributed by atoms with Crippen LogP contribution >= 0.6 is 15.9 Å². The van der Waals surface area contributed by atoms with Crippen molar-refractivity contribution in [3.8, 4) is 0 Å². The lowest BCUT2D eigenvalue weighted by molar-refractivity contribution is 0.560. The highest BCUT2D eigenvalue weighted by Crippen LogP contribution is 2.17. The van der Waals surface area contributed by atoms with E-state index in [0.29, 0.717) is 6.42 Å². The van der Waals surface area contributed by atoms with E-state index in [-0.39, 0.29) is 16.2 Å². The molecule has 1 N–H and O–H groups in total. The summed E-state index contributed by atoms with van der Waals surface area (Å²) in [6, 6.07) is 3.70. The van der Waals surface area contributed by atoms with Gasteiger partial charge in [-0.25, -0.2) is 17.8 Å². The quantitative estimate of drug-likeness (QED) is 0.851. The Morgan fingerprint density at radius 1 is 1.47 bits per heavy atom. The molecule has 0 radical (unpaired) electrons. The summed E-state index contributed by atoms with van der Waals surface area (Å²) in [5.74, 6) is 0. The van der Waals surface area contributed by atoms with Gasteiger partial charge in [-0.3, -0.25) is 4.98 Å². The van der Waals surface area contributed by atoms with Crippen LogP contribution in [-0.4, -0.2) is 34.9 Å². The van der Waals surface area contributed by atoms with Crippen LogP contribution in [0.4, 0.5) is 0 Å². The van der Waals surface area contributed by atoms with Crippen molar-refractivity contribution >= 4 is 26.0 Å². The Morgan fingerprint density at radius 2 is 2.26 bits per heavy atom. The lowest BCUT2D eigenvalue weighted by atomic mass is 10.2. The number of nitrogens with one attached hydrogen (secondary N) is 1. The molecule has 2 aromatic rings. The third-order valence-corrected chi connectivity index (χ3v) is 4.77. The Labute approximate surface area is 119 Å². The molecule has 0 saturated heterocycles. The maximum Gasteiger partial charge on any atom is 0.260 e. The lowest BCUT2D eigenvalue weighted by Crippen LogP contribution is -2.28. The molecular formula is C10H12BrN5O2S. The summed E-state index contributed by atoms with van der Waals surface area (Å²) in [5, 5.41) is 7.30. The summed E-state index contributed by atoms with van der Waals surface area (Å²) < 4.78 is 28.0. The molecule has 19 heavy (non-hydrogen) atoms. The van der Waals surface area contributed by atoms with Crippen LogP contribution in [0.25, 0.3) is 0 Å². The van der Waals surface area contributed by atoms with E-state index >= 15 is 0 Å². The fourth-order valence-corrected chi connectivity index (χ4v) is 3.67. The topological polar surface area (TPSA) is 89.8 Å². The second-order valence-electron chi connectivity index (χ2n) is 3.82. The van der Waals surface area contributed by atoms with E-state index in [1.165, 1.54) is 11.7 Å². The number of hydrogen-bond donors (Lipinski definition) is 1. The van der Waals surface area contributed by atoms with E-state index in [1.54, 1.807) is 12.4 Å². The number of sulfonamides is 1. The van der Waals surface area contributed by atoms with Crippen molar-refractivity contribution in [1.82, 2.24) is 24.7 Å². The first-order chi connectivity index (χ1) is 9.00. The van der Waals surface area contributed by atoms with Gasteiger partial charge in [-0.15, -0.1) is 5.10 Å². The molecule has 0 atom stereocenters. The molecule has 0 aliphatic rings. The van der Waals surface area contributed by atoms with E-state index in [1.807, 2.05) is 12.1 Å². The molecule has 0 aliphatic heterocycles. The number of pyridine rings is 1. The van der Waals surface area contributed by atoms with Crippen molar-refractivity contribution in [2.24, 2.45) is 7.05 Å². The average Bonchev–Trinajstić information content (AvgIpc) is 2.70. The van der Waals surface area contributed by atoms with Crippen LogP contribution in [0.2, 0.25) is 0 Å². The summed E-state index contributed by atoms with van der Waals surface area (Å²) in [5.41, 5.74) is 0.965. The van der Waals surface area contributed by atoms with Crippen LogP contribution in [0.5, 0.6) is 0 Å². The highest BCUT2D eigenvalue weighted by atomic mass is 79.9. The molecule has 0 amide bonds. The Bertz CT molecular complexity index is 636. The smallest absolute Gasteiger partial charge is 0.260 e. The van der Waals surface area contributed by atoms with Gasteiger partial charge in [0, 0.05) is 26.0 Å². The molecule has 2 rings (SSSR count). The van der Waals surface area contributed by atoms with Crippen molar-refractivity contribution in [2.45, 2.75) is 11.4 Å². The standard InChI is InChI=1S/C10H12BrN5O2S/c1-16-10(9(11)14-15-16)19(17,18)13-6-4-8-3-2-5-12-7-8/h2-3,5,7,13H,4,6H2,1H3. The summed E-state index contributed by atoms with van der Waals surface area (Å²) >= 11 is 3.07. The number of hydrogen-bond acceptors (Lipinski definition) is 5. The monoisotopic (exact) mass is 345 g/mol. The fraction of sp³-hybridized carbons (Fsp3) is 0.300. The third kappa shape index (κ3) is 3.37. The van der Waals surface area contributed by atoms with Gasteiger partial charge in [0.2, 0.25) is 5.03 Å². The normalized spacial score (nSPS) is 11.7. The van der Waals surface area contributed by atoms with Crippen molar-refractivity contribution in [1.29, 1.82) is 0 Å². The van der Waals surface area contributed by atoms with Crippen LogP contribution in [0.15, 0.2) is 34.2 Å². The van der Waals surface area contributed by atoms with E-state index in [0.717, 1.165) is 5.56 Å². The SMILES string of the molecule is Cn1nnc(Br)c1S(=O)(=O)NCCc1cccnc1. The summed E-state index contributed by atoms with van der Waals surface area (Å²) in [4.78, 5) is 3.97. The maximum absolute atomic E-state index is 12.1. The van der Waals surface area contributed by atoms with Gasteiger partial charge in [-0.1, -0.05) is 11.3 Å². The number of halogens is 1. The van der Waals surface area contributed by atoms with Gasteiger partial charge < -0.3 is 0 Å². The fourth-order valence-electron chi connectivity index (χ4n) is 1.55. The van der Waals surface area contributed by atoms with Gasteiger partial charge in [-0.2, -0.15) is 0 Å². The number of aromatic nitrogens is 4. The minimum absolute atomic E-state index is 0.0127. The maximum atomic E-state index is 12.1. The molecule has 2 heterocycles. The molecule has 0 unspecified atom stereocenters. The van der Waals surface area contributed by atoms with Crippen LogP contribution in [0.1, 0.15) is 5.56 Å². The molecular weight excluding hydrogens is 334 g/mol.